The highest BCUT2D eigenvalue weighted by molar-refractivity contribution is 5.99. The molecule has 0 aliphatic rings. The average molecular weight is 295 g/mol. The molecule has 1 aromatic carbocycles. The van der Waals surface area contributed by atoms with Gasteiger partial charge in [-0.1, -0.05) is 12.1 Å². The summed E-state index contributed by atoms with van der Waals surface area (Å²) < 4.78 is 18.9. The molecule has 4 nitrogen and oxygen atoms in total. The molecule has 0 heterocycles. The van der Waals surface area contributed by atoms with E-state index in [1.54, 1.807) is 40.7 Å². The minimum Gasteiger partial charge on any atom is -0.444 e. The number of rotatable bonds is 4. The van der Waals surface area contributed by atoms with Crippen LogP contribution in [0.25, 0.3) is 0 Å². The maximum Gasteiger partial charge on any atom is 0.410 e. The van der Waals surface area contributed by atoms with Crippen molar-refractivity contribution in [1.29, 1.82) is 0 Å². The third-order valence-electron chi connectivity index (χ3n) is 2.74. The van der Waals surface area contributed by atoms with Gasteiger partial charge in [-0.25, -0.2) is 9.18 Å². The van der Waals surface area contributed by atoms with Gasteiger partial charge in [-0.15, -0.1) is 0 Å². The fraction of sp³-hybridized carbons (Fsp3) is 0.500. The van der Waals surface area contributed by atoms with Gasteiger partial charge in [0.2, 0.25) is 0 Å². The number of ether oxygens (including phenoxy) is 1. The van der Waals surface area contributed by atoms with Crippen LogP contribution in [0.3, 0.4) is 0 Å². The molecule has 116 valence electrons. The Kier molecular flexibility index (Phi) is 5.47. The van der Waals surface area contributed by atoms with Crippen molar-refractivity contribution in [2.45, 2.75) is 46.3 Å². The van der Waals surface area contributed by atoms with E-state index < -0.39 is 23.3 Å². The van der Waals surface area contributed by atoms with Crippen molar-refractivity contribution in [2.24, 2.45) is 0 Å². The zero-order valence-corrected chi connectivity index (χ0v) is 13.1. The summed E-state index contributed by atoms with van der Waals surface area (Å²) in [5.74, 6) is -1.04. The zero-order chi connectivity index (χ0) is 16.2. The summed E-state index contributed by atoms with van der Waals surface area (Å²) in [5, 5.41) is 0. The summed E-state index contributed by atoms with van der Waals surface area (Å²) in [4.78, 5) is 25.6. The van der Waals surface area contributed by atoms with Crippen LogP contribution in [0.4, 0.5) is 9.18 Å². The van der Waals surface area contributed by atoms with Crippen molar-refractivity contribution >= 4 is 11.9 Å². The maximum atomic E-state index is 13.6. The van der Waals surface area contributed by atoms with Crippen molar-refractivity contribution in [3.8, 4) is 0 Å². The molecule has 0 N–H and O–H groups in total. The lowest BCUT2D eigenvalue weighted by atomic mass is 10.1. The molecule has 0 atom stereocenters. The quantitative estimate of drug-likeness (QED) is 0.796. The zero-order valence-electron chi connectivity index (χ0n) is 13.1. The number of hydrogen-bond donors (Lipinski definition) is 0. The molecule has 0 unspecified atom stereocenters. The van der Waals surface area contributed by atoms with Gasteiger partial charge in [0.25, 0.3) is 0 Å². The number of amides is 1. The highest BCUT2D eigenvalue weighted by Crippen LogP contribution is 2.14. The normalized spacial score (nSPS) is 11.4. The number of carbonyl (C=O) groups is 2. The van der Waals surface area contributed by atoms with Crippen molar-refractivity contribution < 1.29 is 18.7 Å². The summed E-state index contributed by atoms with van der Waals surface area (Å²) in [7, 11) is 0. The van der Waals surface area contributed by atoms with Gasteiger partial charge in [0.1, 0.15) is 11.4 Å². The van der Waals surface area contributed by atoms with Gasteiger partial charge in [0.05, 0.1) is 12.1 Å². The molecule has 5 heteroatoms. The first kappa shape index (κ1) is 17.1. The highest BCUT2D eigenvalue weighted by atomic mass is 19.1. The Morgan fingerprint density at radius 1 is 1.24 bits per heavy atom. The maximum absolute atomic E-state index is 13.6. The van der Waals surface area contributed by atoms with Gasteiger partial charge in [0.15, 0.2) is 5.78 Å². The fourth-order valence-electron chi connectivity index (χ4n) is 1.71. The predicted octanol–water partition coefficient (Wildman–Crippen LogP) is 3.65. The van der Waals surface area contributed by atoms with Gasteiger partial charge < -0.3 is 4.74 Å². The summed E-state index contributed by atoms with van der Waals surface area (Å²) in [6.07, 6.45) is -0.581. The first-order valence-corrected chi connectivity index (χ1v) is 6.89. The Morgan fingerprint density at radius 2 is 1.81 bits per heavy atom. The molecule has 0 aromatic heterocycles. The lowest BCUT2D eigenvalue weighted by Gasteiger charge is -2.29. The molecule has 0 fully saturated rings. The van der Waals surface area contributed by atoms with E-state index in [9.17, 15) is 14.0 Å². The second-order valence-electron chi connectivity index (χ2n) is 6.11. The van der Waals surface area contributed by atoms with E-state index in [-0.39, 0.29) is 18.2 Å². The Morgan fingerprint density at radius 3 is 2.29 bits per heavy atom. The SMILES string of the molecule is CC(C)N(CC(=O)c1ccccc1F)C(=O)OC(C)(C)C. The van der Waals surface area contributed by atoms with Gasteiger partial charge in [-0.2, -0.15) is 0 Å². The molecule has 0 aliphatic heterocycles. The van der Waals surface area contributed by atoms with E-state index in [2.05, 4.69) is 0 Å². The molecule has 21 heavy (non-hydrogen) atoms. The number of halogens is 1. The van der Waals surface area contributed by atoms with Crippen LogP contribution in [-0.4, -0.2) is 35.0 Å². The van der Waals surface area contributed by atoms with Crippen molar-refractivity contribution in [1.82, 2.24) is 4.90 Å². The molecule has 0 spiro atoms. The summed E-state index contributed by atoms with van der Waals surface area (Å²) in [6, 6.07) is 5.51. The van der Waals surface area contributed by atoms with E-state index in [1.165, 1.54) is 23.1 Å². The van der Waals surface area contributed by atoms with E-state index in [1.807, 2.05) is 0 Å². The Hall–Kier alpha value is -1.91. The van der Waals surface area contributed by atoms with Gasteiger partial charge >= 0.3 is 6.09 Å². The van der Waals surface area contributed by atoms with E-state index >= 15 is 0 Å². The molecule has 0 radical (unpaired) electrons. The van der Waals surface area contributed by atoms with Crippen LogP contribution in [0.15, 0.2) is 24.3 Å². The van der Waals surface area contributed by atoms with Crippen molar-refractivity contribution in [3.63, 3.8) is 0 Å². The molecular formula is C16H22FNO3. The monoisotopic (exact) mass is 295 g/mol. The number of carbonyl (C=O) groups excluding carboxylic acids is 2. The van der Waals surface area contributed by atoms with E-state index in [0.717, 1.165) is 0 Å². The average Bonchev–Trinajstić information content (AvgIpc) is 2.33. The van der Waals surface area contributed by atoms with Crippen LogP contribution in [0.2, 0.25) is 0 Å². The minimum absolute atomic E-state index is 0.0216. The topological polar surface area (TPSA) is 46.6 Å². The largest absolute Gasteiger partial charge is 0.444 e. The number of Topliss-reactive ketones (excluding diaryl/α,β-unsaturated/α-hetero) is 1. The molecule has 0 saturated heterocycles. The molecule has 0 saturated carbocycles. The Balaban J connectivity index is 2.87. The van der Waals surface area contributed by atoms with Crippen LogP contribution in [0, 0.1) is 5.82 Å². The number of nitrogens with zero attached hydrogens (tertiary/aromatic N) is 1. The second kappa shape index (κ2) is 6.70. The second-order valence-corrected chi connectivity index (χ2v) is 6.11. The Labute approximate surface area is 124 Å². The van der Waals surface area contributed by atoms with E-state index in [4.69, 9.17) is 4.74 Å². The van der Waals surface area contributed by atoms with Crippen molar-refractivity contribution in [3.05, 3.63) is 35.6 Å². The molecule has 0 aliphatic carbocycles. The summed E-state index contributed by atoms with van der Waals surface area (Å²) in [6.45, 7) is 8.59. The van der Waals surface area contributed by atoms with Crippen LogP contribution in [0.5, 0.6) is 0 Å². The van der Waals surface area contributed by atoms with Crippen molar-refractivity contribution in [2.75, 3.05) is 6.54 Å². The third-order valence-corrected chi connectivity index (χ3v) is 2.74. The van der Waals surface area contributed by atoms with Gasteiger partial charge in [0, 0.05) is 6.04 Å². The summed E-state index contributed by atoms with van der Waals surface area (Å²) in [5.41, 5.74) is -0.669. The first-order chi connectivity index (χ1) is 9.61. The van der Waals surface area contributed by atoms with Gasteiger partial charge in [-0.05, 0) is 46.8 Å². The summed E-state index contributed by atoms with van der Waals surface area (Å²) >= 11 is 0. The van der Waals surface area contributed by atoms with Crippen LogP contribution >= 0.6 is 0 Å². The predicted molar refractivity (Wildman–Crippen MR) is 78.8 cm³/mol. The van der Waals surface area contributed by atoms with Crippen LogP contribution in [-0.2, 0) is 4.74 Å². The number of hydrogen-bond acceptors (Lipinski definition) is 3. The molecular weight excluding hydrogens is 273 g/mol. The highest BCUT2D eigenvalue weighted by Gasteiger charge is 2.26. The molecule has 0 bridgehead atoms. The molecule has 1 rings (SSSR count). The van der Waals surface area contributed by atoms with Gasteiger partial charge in [-0.3, -0.25) is 9.69 Å². The minimum atomic E-state index is -0.648. The third kappa shape index (κ3) is 5.17. The fourth-order valence-corrected chi connectivity index (χ4v) is 1.71. The first-order valence-electron chi connectivity index (χ1n) is 6.89. The smallest absolute Gasteiger partial charge is 0.410 e. The lowest BCUT2D eigenvalue weighted by Crippen LogP contribution is -2.43. The molecule has 1 amide bonds. The number of ketones is 1. The molecule has 1 aromatic rings. The number of benzene rings is 1. The Bertz CT molecular complexity index is 520. The lowest BCUT2D eigenvalue weighted by molar-refractivity contribution is 0.0191. The standard InChI is InChI=1S/C16H22FNO3/c1-11(2)18(15(20)21-16(3,4)5)10-14(19)12-8-6-7-9-13(12)17/h6-9,11H,10H2,1-5H3. The van der Waals surface area contributed by atoms with Crippen LogP contribution < -0.4 is 0 Å². The van der Waals surface area contributed by atoms with Crippen LogP contribution in [0.1, 0.15) is 45.0 Å². The van der Waals surface area contributed by atoms with E-state index in [0.29, 0.717) is 0 Å².